The summed E-state index contributed by atoms with van der Waals surface area (Å²) in [6, 6.07) is 26.7. The summed E-state index contributed by atoms with van der Waals surface area (Å²) in [6.07, 6.45) is 1.95. The van der Waals surface area contributed by atoms with Gasteiger partial charge in [0.1, 0.15) is 5.82 Å². The molecule has 0 fully saturated rings. The Hall–Kier alpha value is -5.11. The molecule has 0 radical (unpaired) electrons. The molecule has 5 rings (SSSR count). The van der Waals surface area contributed by atoms with Crippen molar-refractivity contribution in [2.24, 2.45) is 0 Å². The second-order valence-electron chi connectivity index (χ2n) is 13.3. The van der Waals surface area contributed by atoms with Gasteiger partial charge < -0.3 is 19.7 Å². The fourth-order valence-corrected chi connectivity index (χ4v) is 6.60. The molecular formula is C42H50N4O4. The number of carbonyl (C=O) groups is 1. The Bertz CT molecular complexity index is 1970. The molecular weight excluding hydrogens is 624 g/mol. The molecule has 0 saturated heterocycles. The number of hydrogen-bond donors (Lipinski definition) is 1. The molecule has 1 atom stereocenters. The van der Waals surface area contributed by atoms with E-state index in [-0.39, 0.29) is 23.4 Å². The molecule has 0 saturated carbocycles. The van der Waals surface area contributed by atoms with Crippen LogP contribution >= 0.6 is 0 Å². The standard InChI is InChI=1S/C42H50N4O4/c1-9-29-18-21-31(22-19-29)46-40(43-35-17-12-11-14-34(35)41(46)47)36(10-2)45(25-24-30-20-23-37(49-7)38(26-30)50-8)42(48)44-39-32(27(3)4)15-13-16-33(39)28(5)6/h11-23,26-28,36H,9-10,24-25H2,1-8H3,(H,44,48). The molecule has 4 aromatic carbocycles. The maximum atomic E-state index is 14.8. The largest absolute Gasteiger partial charge is 0.493 e. The number of aryl methyl sites for hydroxylation is 1. The normalized spacial score (nSPS) is 12.0. The van der Waals surface area contributed by atoms with Crippen LogP contribution in [0.3, 0.4) is 0 Å². The van der Waals surface area contributed by atoms with Gasteiger partial charge in [-0.2, -0.15) is 0 Å². The van der Waals surface area contributed by atoms with E-state index in [1.165, 1.54) is 5.56 Å². The van der Waals surface area contributed by atoms with Crippen LogP contribution in [0, 0.1) is 0 Å². The first-order chi connectivity index (χ1) is 24.1. The molecule has 1 heterocycles. The number of ether oxygens (including phenoxy) is 2. The smallest absolute Gasteiger partial charge is 0.322 e. The van der Waals surface area contributed by atoms with Crippen LogP contribution in [0.1, 0.15) is 93.9 Å². The molecule has 8 nitrogen and oxygen atoms in total. The minimum Gasteiger partial charge on any atom is -0.493 e. The average Bonchev–Trinajstić information content (AvgIpc) is 3.13. The van der Waals surface area contributed by atoms with Gasteiger partial charge in [-0.3, -0.25) is 9.36 Å². The summed E-state index contributed by atoms with van der Waals surface area (Å²) in [7, 11) is 3.23. The lowest BCUT2D eigenvalue weighted by molar-refractivity contribution is 0.182. The van der Waals surface area contributed by atoms with E-state index in [0.717, 1.165) is 28.8 Å². The third-order valence-corrected chi connectivity index (χ3v) is 9.42. The van der Waals surface area contributed by atoms with E-state index in [1.807, 2.05) is 78.6 Å². The highest BCUT2D eigenvalue weighted by Crippen LogP contribution is 2.35. The summed E-state index contributed by atoms with van der Waals surface area (Å²) in [5.74, 6) is 2.18. The second kappa shape index (κ2) is 16.1. The number of para-hydroxylation sites is 2. The maximum absolute atomic E-state index is 14.8. The van der Waals surface area contributed by atoms with Crippen molar-refractivity contribution in [3.05, 3.63) is 123 Å². The first-order valence-corrected chi connectivity index (χ1v) is 17.6. The third kappa shape index (κ3) is 7.54. The lowest BCUT2D eigenvalue weighted by Crippen LogP contribution is -2.42. The number of anilines is 1. The van der Waals surface area contributed by atoms with Gasteiger partial charge in [0.05, 0.1) is 36.9 Å². The average molecular weight is 675 g/mol. The van der Waals surface area contributed by atoms with E-state index >= 15 is 0 Å². The summed E-state index contributed by atoms with van der Waals surface area (Å²) in [4.78, 5) is 36.1. The van der Waals surface area contributed by atoms with Gasteiger partial charge in [-0.25, -0.2) is 9.78 Å². The maximum Gasteiger partial charge on any atom is 0.322 e. The van der Waals surface area contributed by atoms with Gasteiger partial charge in [0.15, 0.2) is 11.5 Å². The van der Waals surface area contributed by atoms with Crippen LogP contribution in [0.15, 0.2) is 89.7 Å². The van der Waals surface area contributed by atoms with Gasteiger partial charge in [0, 0.05) is 12.2 Å². The number of methoxy groups -OCH3 is 2. The second-order valence-corrected chi connectivity index (χ2v) is 13.3. The molecule has 8 heteroatoms. The predicted octanol–water partition coefficient (Wildman–Crippen LogP) is 9.44. The van der Waals surface area contributed by atoms with Gasteiger partial charge >= 0.3 is 6.03 Å². The molecule has 0 bridgehead atoms. The number of hydrogen-bond acceptors (Lipinski definition) is 5. The minimum atomic E-state index is -0.535. The quantitative estimate of drug-likeness (QED) is 0.135. The number of urea groups is 1. The number of fused-ring (bicyclic) bond motifs is 1. The summed E-state index contributed by atoms with van der Waals surface area (Å²) < 4.78 is 12.7. The van der Waals surface area contributed by atoms with Crippen molar-refractivity contribution in [2.75, 3.05) is 26.1 Å². The number of aromatic nitrogens is 2. The Balaban J connectivity index is 1.67. The molecule has 1 unspecified atom stereocenters. The van der Waals surface area contributed by atoms with Crippen LogP contribution in [0.2, 0.25) is 0 Å². The molecule has 0 spiro atoms. The first-order valence-electron chi connectivity index (χ1n) is 17.6. The lowest BCUT2D eigenvalue weighted by atomic mass is 9.92. The Morgan fingerprint density at radius 1 is 0.820 bits per heavy atom. The zero-order valence-corrected chi connectivity index (χ0v) is 30.6. The SMILES string of the molecule is CCc1ccc(-n2c(C(CC)N(CCc3ccc(OC)c(OC)c3)C(=O)Nc3c(C(C)C)cccc3C(C)C)nc3ccccc3c2=O)cc1. The fourth-order valence-electron chi connectivity index (χ4n) is 6.60. The number of carbonyl (C=O) groups excluding carboxylic acids is 1. The summed E-state index contributed by atoms with van der Waals surface area (Å²) >= 11 is 0. The Labute approximate surface area is 296 Å². The van der Waals surface area contributed by atoms with Crippen molar-refractivity contribution in [2.45, 2.75) is 78.7 Å². The minimum absolute atomic E-state index is 0.166. The van der Waals surface area contributed by atoms with Crippen LogP contribution in [-0.4, -0.2) is 41.2 Å². The molecule has 50 heavy (non-hydrogen) atoms. The van der Waals surface area contributed by atoms with Gasteiger partial charge in [-0.1, -0.05) is 90.1 Å². The van der Waals surface area contributed by atoms with Crippen molar-refractivity contribution in [1.29, 1.82) is 0 Å². The Kier molecular flexibility index (Phi) is 11.6. The van der Waals surface area contributed by atoms with Gasteiger partial charge in [0.25, 0.3) is 5.56 Å². The zero-order valence-electron chi connectivity index (χ0n) is 30.6. The van der Waals surface area contributed by atoms with Crippen molar-refractivity contribution < 1.29 is 14.3 Å². The Morgan fingerprint density at radius 3 is 2.06 bits per heavy atom. The molecule has 0 aliphatic carbocycles. The molecule has 0 aliphatic heterocycles. The monoisotopic (exact) mass is 674 g/mol. The zero-order chi connectivity index (χ0) is 35.9. The van der Waals surface area contributed by atoms with E-state index in [0.29, 0.717) is 53.3 Å². The molecule has 1 N–H and O–H groups in total. The number of benzene rings is 4. The van der Waals surface area contributed by atoms with E-state index in [1.54, 1.807) is 18.8 Å². The highest BCUT2D eigenvalue weighted by atomic mass is 16.5. The van der Waals surface area contributed by atoms with E-state index in [4.69, 9.17) is 14.5 Å². The van der Waals surface area contributed by atoms with Crippen molar-refractivity contribution in [1.82, 2.24) is 14.5 Å². The highest BCUT2D eigenvalue weighted by Gasteiger charge is 2.30. The van der Waals surface area contributed by atoms with Crippen LogP contribution in [0.5, 0.6) is 11.5 Å². The molecule has 2 amide bonds. The van der Waals surface area contributed by atoms with Crippen molar-refractivity contribution >= 4 is 22.6 Å². The summed E-state index contributed by atoms with van der Waals surface area (Å²) in [6.45, 7) is 13.1. The number of nitrogens with one attached hydrogen (secondary N) is 1. The highest BCUT2D eigenvalue weighted by molar-refractivity contribution is 5.92. The fraction of sp³-hybridized carbons (Fsp3) is 0.357. The number of rotatable bonds is 13. The van der Waals surface area contributed by atoms with Gasteiger partial charge in [-0.05, 0) is 89.8 Å². The summed E-state index contributed by atoms with van der Waals surface area (Å²) in [5.41, 5.74) is 6.30. The van der Waals surface area contributed by atoms with Gasteiger partial charge in [0.2, 0.25) is 0 Å². The lowest BCUT2D eigenvalue weighted by Gasteiger charge is -2.33. The molecule has 0 aliphatic rings. The van der Waals surface area contributed by atoms with Crippen molar-refractivity contribution in [3.8, 4) is 17.2 Å². The predicted molar refractivity (Wildman–Crippen MR) is 203 cm³/mol. The van der Waals surface area contributed by atoms with E-state index in [2.05, 4.69) is 58.1 Å². The van der Waals surface area contributed by atoms with Crippen LogP contribution in [0.4, 0.5) is 10.5 Å². The molecule has 1 aromatic heterocycles. The first kappa shape index (κ1) is 36.2. The van der Waals surface area contributed by atoms with Crippen LogP contribution in [0.25, 0.3) is 16.6 Å². The van der Waals surface area contributed by atoms with Crippen LogP contribution in [-0.2, 0) is 12.8 Å². The number of nitrogens with zero attached hydrogens (tertiary/aromatic N) is 3. The van der Waals surface area contributed by atoms with Crippen LogP contribution < -0.4 is 20.3 Å². The Morgan fingerprint density at radius 2 is 1.46 bits per heavy atom. The third-order valence-electron chi connectivity index (χ3n) is 9.42. The molecule has 5 aromatic rings. The van der Waals surface area contributed by atoms with Crippen molar-refractivity contribution in [3.63, 3.8) is 0 Å². The number of amides is 2. The molecule has 262 valence electrons. The van der Waals surface area contributed by atoms with E-state index < -0.39 is 6.04 Å². The summed E-state index contributed by atoms with van der Waals surface area (Å²) in [5, 5.41) is 3.88. The van der Waals surface area contributed by atoms with E-state index in [9.17, 15) is 9.59 Å². The topological polar surface area (TPSA) is 85.7 Å². The van der Waals surface area contributed by atoms with Gasteiger partial charge in [-0.15, -0.1) is 0 Å².